The molecule has 0 amide bonds. The molecule has 1 aromatic rings. The normalized spacial score (nSPS) is 18.8. The largest absolute Gasteiger partial charge is 0.296 e. The molecule has 1 aliphatic heterocycles. The number of hydrogen-bond acceptors (Lipinski definition) is 4. The van der Waals surface area contributed by atoms with E-state index in [1.807, 2.05) is 18.2 Å². The molecule has 0 bridgehead atoms. The second kappa shape index (κ2) is 7.23. The number of piperazine rings is 1. The molecule has 0 radical (unpaired) electrons. The summed E-state index contributed by atoms with van der Waals surface area (Å²) in [5.74, 6) is 0. The minimum Gasteiger partial charge on any atom is -0.296 e. The summed E-state index contributed by atoms with van der Waals surface area (Å²) in [7, 11) is -3.48. The van der Waals surface area contributed by atoms with Gasteiger partial charge in [-0.2, -0.15) is 9.57 Å². The molecule has 2 rings (SSSR count). The van der Waals surface area contributed by atoms with E-state index in [0.717, 1.165) is 6.54 Å². The van der Waals surface area contributed by atoms with Gasteiger partial charge in [-0.15, -0.1) is 0 Å². The van der Waals surface area contributed by atoms with Gasteiger partial charge in [0.1, 0.15) is 0 Å². The smallest absolute Gasteiger partial charge is 0.230 e. The molecule has 0 aliphatic carbocycles. The molecule has 22 heavy (non-hydrogen) atoms. The molecule has 0 saturated carbocycles. The van der Waals surface area contributed by atoms with Crippen molar-refractivity contribution in [1.82, 2.24) is 9.21 Å². The van der Waals surface area contributed by atoms with Crippen molar-refractivity contribution in [2.45, 2.75) is 32.1 Å². The zero-order valence-corrected chi connectivity index (χ0v) is 14.0. The number of nitrogens with zero attached hydrogens (tertiary/aromatic N) is 3. The van der Waals surface area contributed by atoms with E-state index in [1.165, 1.54) is 15.4 Å². The van der Waals surface area contributed by atoms with Crippen molar-refractivity contribution < 1.29 is 8.42 Å². The van der Waals surface area contributed by atoms with Crippen molar-refractivity contribution in [3.63, 3.8) is 0 Å². The third kappa shape index (κ3) is 3.67. The molecule has 5 nitrogen and oxygen atoms in total. The molecule has 120 valence electrons. The number of hydrogen-bond donors (Lipinski definition) is 0. The van der Waals surface area contributed by atoms with Gasteiger partial charge in [0.15, 0.2) is 5.25 Å². The lowest BCUT2D eigenvalue weighted by Crippen LogP contribution is -2.50. The van der Waals surface area contributed by atoms with Gasteiger partial charge in [-0.25, -0.2) is 8.42 Å². The number of nitriles is 1. The first-order valence-corrected chi connectivity index (χ1v) is 9.14. The summed E-state index contributed by atoms with van der Waals surface area (Å²) in [6.45, 7) is 7.01. The first-order chi connectivity index (χ1) is 10.5. The molecule has 0 unspecified atom stereocenters. The van der Waals surface area contributed by atoms with Gasteiger partial charge in [-0.3, -0.25) is 4.90 Å². The van der Waals surface area contributed by atoms with Crippen LogP contribution in [0.25, 0.3) is 0 Å². The Morgan fingerprint density at radius 1 is 1.23 bits per heavy atom. The zero-order chi connectivity index (χ0) is 16.2. The van der Waals surface area contributed by atoms with Crippen LogP contribution in [0.4, 0.5) is 0 Å². The molecule has 1 aliphatic rings. The van der Waals surface area contributed by atoms with Crippen molar-refractivity contribution in [2.75, 3.05) is 26.2 Å². The molecule has 0 N–H and O–H groups in total. The maximum atomic E-state index is 12.4. The summed E-state index contributed by atoms with van der Waals surface area (Å²) in [6, 6.07) is 10.2. The van der Waals surface area contributed by atoms with Gasteiger partial charge in [0.25, 0.3) is 0 Å². The molecule has 0 aromatic heterocycles. The van der Waals surface area contributed by atoms with E-state index in [2.05, 4.69) is 24.0 Å². The maximum absolute atomic E-state index is 12.4. The number of benzene rings is 1. The molecule has 1 atom stereocenters. The highest BCUT2D eigenvalue weighted by Gasteiger charge is 2.33. The van der Waals surface area contributed by atoms with Gasteiger partial charge in [0.2, 0.25) is 10.0 Å². The Morgan fingerprint density at radius 2 is 1.86 bits per heavy atom. The van der Waals surface area contributed by atoms with E-state index in [0.29, 0.717) is 32.6 Å². The van der Waals surface area contributed by atoms with Crippen LogP contribution in [0.2, 0.25) is 0 Å². The lowest BCUT2D eigenvalue weighted by atomic mass is 10.1. The van der Waals surface area contributed by atoms with Crippen LogP contribution in [-0.2, 0) is 16.6 Å². The fourth-order valence-electron chi connectivity index (χ4n) is 2.72. The van der Waals surface area contributed by atoms with Gasteiger partial charge in [-0.1, -0.05) is 31.2 Å². The van der Waals surface area contributed by atoms with Crippen LogP contribution in [0.3, 0.4) is 0 Å². The SMILES string of the molecule is CC[C@@H](C#N)S(=O)(=O)N1CCN(Cc2ccccc2C)CC1. The average Bonchev–Trinajstić information content (AvgIpc) is 2.51. The first-order valence-electron chi connectivity index (χ1n) is 7.64. The second-order valence-corrected chi connectivity index (χ2v) is 7.79. The number of aryl methyl sites for hydroxylation is 1. The summed E-state index contributed by atoms with van der Waals surface area (Å²) in [5.41, 5.74) is 2.54. The average molecular weight is 321 g/mol. The van der Waals surface area contributed by atoms with Crippen LogP contribution in [0, 0.1) is 18.3 Å². The summed E-state index contributed by atoms with van der Waals surface area (Å²) in [5, 5.41) is 8.08. The first kappa shape index (κ1) is 16.9. The second-order valence-electron chi connectivity index (χ2n) is 5.67. The van der Waals surface area contributed by atoms with Gasteiger partial charge in [0.05, 0.1) is 6.07 Å². The van der Waals surface area contributed by atoms with E-state index >= 15 is 0 Å². The van der Waals surface area contributed by atoms with Crippen molar-refractivity contribution in [2.24, 2.45) is 0 Å². The minimum absolute atomic E-state index is 0.336. The van der Waals surface area contributed by atoms with E-state index in [9.17, 15) is 8.42 Å². The molecule has 1 fully saturated rings. The summed E-state index contributed by atoms with van der Waals surface area (Å²) >= 11 is 0. The third-order valence-corrected chi connectivity index (χ3v) is 6.46. The van der Waals surface area contributed by atoms with Crippen molar-refractivity contribution in [1.29, 1.82) is 5.26 Å². The molecule has 0 spiro atoms. The maximum Gasteiger partial charge on any atom is 0.230 e. The molecule has 1 heterocycles. The summed E-state index contributed by atoms with van der Waals surface area (Å²) in [4.78, 5) is 2.27. The highest BCUT2D eigenvalue weighted by Crippen LogP contribution is 2.17. The van der Waals surface area contributed by atoms with E-state index in [-0.39, 0.29) is 0 Å². The highest BCUT2D eigenvalue weighted by atomic mass is 32.2. The Kier molecular flexibility index (Phi) is 5.57. The van der Waals surface area contributed by atoms with Crippen LogP contribution in [0.15, 0.2) is 24.3 Å². The van der Waals surface area contributed by atoms with E-state index < -0.39 is 15.3 Å². The highest BCUT2D eigenvalue weighted by molar-refractivity contribution is 7.90. The third-order valence-electron chi connectivity index (χ3n) is 4.22. The number of sulfonamides is 1. The van der Waals surface area contributed by atoms with Crippen molar-refractivity contribution in [3.8, 4) is 6.07 Å². The molecule has 1 saturated heterocycles. The molecular weight excluding hydrogens is 298 g/mol. The lowest BCUT2D eigenvalue weighted by molar-refractivity contribution is 0.181. The van der Waals surface area contributed by atoms with Crippen LogP contribution < -0.4 is 0 Å². The molecule has 1 aromatic carbocycles. The van der Waals surface area contributed by atoms with Crippen molar-refractivity contribution >= 4 is 10.0 Å². The topological polar surface area (TPSA) is 64.4 Å². The Balaban J connectivity index is 1.96. The Bertz CT molecular complexity index is 644. The van der Waals surface area contributed by atoms with Crippen molar-refractivity contribution in [3.05, 3.63) is 35.4 Å². The standard InChI is InChI=1S/C16H23N3O2S/c1-3-16(12-17)22(20,21)19-10-8-18(9-11-19)13-15-7-5-4-6-14(15)2/h4-7,16H,3,8-11,13H2,1-2H3/t16-/m0/s1. The lowest BCUT2D eigenvalue weighted by Gasteiger charge is -2.35. The van der Waals surface area contributed by atoms with Crippen LogP contribution in [0.1, 0.15) is 24.5 Å². The van der Waals surface area contributed by atoms with E-state index in [1.54, 1.807) is 6.92 Å². The fourth-order valence-corrected chi connectivity index (χ4v) is 4.31. The monoisotopic (exact) mass is 321 g/mol. The minimum atomic E-state index is -3.48. The number of rotatable bonds is 5. The molecular formula is C16H23N3O2S. The predicted molar refractivity (Wildman–Crippen MR) is 86.6 cm³/mol. The van der Waals surface area contributed by atoms with Crippen LogP contribution in [0.5, 0.6) is 0 Å². The molecule has 6 heteroatoms. The van der Waals surface area contributed by atoms with E-state index in [4.69, 9.17) is 5.26 Å². The van der Waals surface area contributed by atoms with Crippen LogP contribution in [-0.4, -0.2) is 49.1 Å². The summed E-state index contributed by atoms with van der Waals surface area (Å²) in [6.07, 6.45) is 0.336. The van der Waals surface area contributed by atoms with Crippen LogP contribution >= 0.6 is 0 Å². The Morgan fingerprint density at radius 3 is 2.41 bits per heavy atom. The zero-order valence-electron chi connectivity index (χ0n) is 13.2. The van der Waals surface area contributed by atoms with Gasteiger partial charge in [-0.05, 0) is 24.5 Å². The Labute approximate surface area is 133 Å². The quantitative estimate of drug-likeness (QED) is 0.829. The van der Waals surface area contributed by atoms with Gasteiger partial charge >= 0.3 is 0 Å². The fraction of sp³-hybridized carbons (Fsp3) is 0.562. The predicted octanol–water partition coefficient (Wildman–Crippen LogP) is 1.74. The van der Waals surface area contributed by atoms with Gasteiger partial charge in [0, 0.05) is 32.7 Å². The summed E-state index contributed by atoms with van der Waals surface area (Å²) < 4.78 is 26.2. The van der Waals surface area contributed by atoms with Gasteiger partial charge < -0.3 is 0 Å². The Hall–Kier alpha value is -1.42.